The maximum Gasteiger partial charge on any atom is 0.126 e. The van der Waals surface area contributed by atoms with Gasteiger partial charge in [-0.2, -0.15) is 0 Å². The SMILES string of the molecule is CCNCCC(C)Cc1cc(F)ccc1F. The first-order valence-corrected chi connectivity index (χ1v) is 5.78. The third kappa shape index (κ3) is 4.27. The molecule has 0 spiro atoms. The predicted octanol–water partition coefficient (Wildman–Crippen LogP) is 3.14. The smallest absolute Gasteiger partial charge is 0.126 e. The van der Waals surface area contributed by atoms with Gasteiger partial charge in [-0.05, 0) is 55.6 Å². The highest BCUT2D eigenvalue weighted by atomic mass is 19.1. The zero-order valence-corrected chi connectivity index (χ0v) is 9.89. The van der Waals surface area contributed by atoms with E-state index in [2.05, 4.69) is 19.2 Å². The minimum absolute atomic E-state index is 0.309. The monoisotopic (exact) mass is 227 g/mol. The van der Waals surface area contributed by atoms with Crippen molar-refractivity contribution in [2.75, 3.05) is 13.1 Å². The van der Waals surface area contributed by atoms with E-state index >= 15 is 0 Å². The van der Waals surface area contributed by atoms with Crippen LogP contribution in [-0.2, 0) is 6.42 Å². The van der Waals surface area contributed by atoms with Gasteiger partial charge in [0.15, 0.2) is 0 Å². The average Bonchev–Trinajstić information content (AvgIpc) is 2.24. The lowest BCUT2D eigenvalue weighted by Gasteiger charge is -2.12. The Kier molecular flexibility index (Phi) is 5.39. The van der Waals surface area contributed by atoms with Crippen molar-refractivity contribution in [3.63, 3.8) is 0 Å². The Morgan fingerprint density at radius 1 is 1.31 bits per heavy atom. The number of hydrogen-bond acceptors (Lipinski definition) is 1. The summed E-state index contributed by atoms with van der Waals surface area (Å²) in [5.41, 5.74) is 0.476. The standard InChI is InChI=1S/C13H19F2N/c1-3-16-7-6-10(2)8-11-9-12(14)4-5-13(11)15/h4-5,9-10,16H,3,6-8H2,1-2H3. The Hall–Kier alpha value is -0.960. The summed E-state index contributed by atoms with van der Waals surface area (Å²) in [6.07, 6.45) is 1.57. The van der Waals surface area contributed by atoms with Gasteiger partial charge in [-0.15, -0.1) is 0 Å². The first-order chi connectivity index (χ1) is 7.63. The maximum atomic E-state index is 13.3. The third-order valence-electron chi connectivity index (χ3n) is 2.64. The third-order valence-corrected chi connectivity index (χ3v) is 2.64. The molecule has 0 bridgehead atoms. The van der Waals surface area contributed by atoms with Crippen molar-refractivity contribution < 1.29 is 8.78 Å². The van der Waals surface area contributed by atoms with Crippen LogP contribution in [0.15, 0.2) is 18.2 Å². The fourth-order valence-corrected chi connectivity index (χ4v) is 1.70. The molecule has 0 amide bonds. The lowest BCUT2D eigenvalue weighted by Crippen LogP contribution is -2.17. The molecule has 1 N–H and O–H groups in total. The second-order valence-corrected chi connectivity index (χ2v) is 4.19. The van der Waals surface area contributed by atoms with Gasteiger partial charge in [-0.1, -0.05) is 13.8 Å². The zero-order chi connectivity index (χ0) is 12.0. The molecule has 0 saturated carbocycles. The Bertz CT molecular complexity index is 326. The first-order valence-electron chi connectivity index (χ1n) is 5.78. The van der Waals surface area contributed by atoms with Crippen LogP contribution in [-0.4, -0.2) is 13.1 Å². The highest BCUT2D eigenvalue weighted by molar-refractivity contribution is 5.19. The van der Waals surface area contributed by atoms with Gasteiger partial charge < -0.3 is 5.32 Å². The molecule has 16 heavy (non-hydrogen) atoms. The van der Waals surface area contributed by atoms with Gasteiger partial charge in [-0.3, -0.25) is 0 Å². The lowest BCUT2D eigenvalue weighted by atomic mass is 9.97. The van der Waals surface area contributed by atoms with Crippen LogP contribution in [0.5, 0.6) is 0 Å². The summed E-state index contributed by atoms with van der Waals surface area (Å²) in [6.45, 7) is 5.98. The van der Waals surface area contributed by atoms with Gasteiger partial charge >= 0.3 is 0 Å². The molecular weight excluding hydrogens is 208 g/mol. The van der Waals surface area contributed by atoms with Crippen LogP contribution in [0.2, 0.25) is 0 Å². The van der Waals surface area contributed by atoms with Gasteiger partial charge in [0, 0.05) is 0 Å². The molecule has 3 heteroatoms. The Morgan fingerprint density at radius 3 is 2.75 bits per heavy atom. The summed E-state index contributed by atoms with van der Waals surface area (Å²) >= 11 is 0. The van der Waals surface area contributed by atoms with Crippen molar-refractivity contribution in [2.24, 2.45) is 5.92 Å². The van der Waals surface area contributed by atoms with E-state index in [-0.39, 0.29) is 11.6 Å². The van der Waals surface area contributed by atoms with E-state index in [1.807, 2.05) is 0 Å². The van der Waals surface area contributed by atoms with Crippen molar-refractivity contribution in [1.82, 2.24) is 5.32 Å². The fourth-order valence-electron chi connectivity index (χ4n) is 1.70. The summed E-state index contributed by atoms with van der Waals surface area (Å²) < 4.78 is 26.3. The number of nitrogens with one attached hydrogen (secondary N) is 1. The van der Waals surface area contributed by atoms with Gasteiger partial charge in [0.1, 0.15) is 11.6 Å². The zero-order valence-electron chi connectivity index (χ0n) is 9.89. The minimum Gasteiger partial charge on any atom is -0.317 e. The first kappa shape index (κ1) is 13.1. The van der Waals surface area contributed by atoms with Crippen LogP contribution in [0.1, 0.15) is 25.8 Å². The summed E-state index contributed by atoms with van der Waals surface area (Å²) in [6, 6.07) is 3.64. The minimum atomic E-state index is -0.365. The maximum absolute atomic E-state index is 13.3. The van der Waals surface area contributed by atoms with Crippen LogP contribution in [0.4, 0.5) is 8.78 Å². The molecule has 1 aromatic carbocycles. The molecule has 1 unspecified atom stereocenters. The van der Waals surface area contributed by atoms with E-state index in [1.54, 1.807) is 0 Å². The summed E-state index contributed by atoms with van der Waals surface area (Å²) in [7, 11) is 0. The summed E-state index contributed by atoms with van der Waals surface area (Å²) in [5.74, 6) is -0.317. The van der Waals surface area contributed by atoms with Crippen LogP contribution in [0, 0.1) is 17.6 Å². The van der Waals surface area contributed by atoms with E-state index in [4.69, 9.17) is 0 Å². The number of benzene rings is 1. The van der Waals surface area contributed by atoms with E-state index in [9.17, 15) is 8.78 Å². The highest BCUT2D eigenvalue weighted by Gasteiger charge is 2.08. The lowest BCUT2D eigenvalue weighted by molar-refractivity contribution is 0.487. The average molecular weight is 227 g/mol. The molecule has 0 saturated heterocycles. The molecule has 1 aromatic rings. The second kappa shape index (κ2) is 6.59. The van der Waals surface area contributed by atoms with E-state index < -0.39 is 0 Å². The normalized spacial score (nSPS) is 12.8. The molecule has 1 rings (SSSR count). The number of halogens is 2. The highest BCUT2D eigenvalue weighted by Crippen LogP contribution is 2.16. The molecule has 0 aliphatic carbocycles. The quantitative estimate of drug-likeness (QED) is 0.736. The van der Waals surface area contributed by atoms with Gasteiger partial charge in [-0.25, -0.2) is 8.78 Å². The topological polar surface area (TPSA) is 12.0 Å². The van der Waals surface area contributed by atoms with Crippen LogP contribution >= 0.6 is 0 Å². The van der Waals surface area contributed by atoms with E-state index in [0.29, 0.717) is 17.9 Å². The Labute approximate surface area is 95.9 Å². The Balaban J connectivity index is 2.48. The van der Waals surface area contributed by atoms with Crippen molar-refractivity contribution >= 4 is 0 Å². The summed E-state index contributed by atoms with van der Waals surface area (Å²) in [4.78, 5) is 0. The number of hydrogen-bond donors (Lipinski definition) is 1. The molecule has 0 radical (unpaired) electrons. The molecule has 0 aliphatic rings. The van der Waals surface area contributed by atoms with Crippen LogP contribution in [0.25, 0.3) is 0 Å². The van der Waals surface area contributed by atoms with E-state index in [0.717, 1.165) is 25.6 Å². The molecule has 0 fully saturated rings. The van der Waals surface area contributed by atoms with Crippen LogP contribution in [0.3, 0.4) is 0 Å². The van der Waals surface area contributed by atoms with Crippen molar-refractivity contribution in [2.45, 2.75) is 26.7 Å². The predicted molar refractivity (Wildman–Crippen MR) is 62.4 cm³/mol. The molecule has 0 heterocycles. The van der Waals surface area contributed by atoms with Gasteiger partial charge in [0.25, 0.3) is 0 Å². The van der Waals surface area contributed by atoms with E-state index in [1.165, 1.54) is 12.1 Å². The molecule has 1 nitrogen and oxygen atoms in total. The fraction of sp³-hybridized carbons (Fsp3) is 0.538. The van der Waals surface area contributed by atoms with Crippen molar-refractivity contribution in [1.29, 1.82) is 0 Å². The molecule has 90 valence electrons. The molecule has 1 atom stereocenters. The summed E-state index contributed by atoms with van der Waals surface area (Å²) in [5, 5.41) is 3.22. The molecule has 0 aromatic heterocycles. The van der Waals surface area contributed by atoms with Gasteiger partial charge in [0.2, 0.25) is 0 Å². The van der Waals surface area contributed by atoms with Crippen molar-refractivity contribution in [3.8, 4) is 0 Å². The largest absolute Gasteiger partial charge is 0.317 e. The van der Waals surface area contributed by atoms with Gasteiger partial charge in [0.05, 0.1) is 0 Å². The molecule has 0 aliphatic heterocycles. The Morgan fingerprint density at radius 2 is 2.06 bits per heavy atom. The van der Waals surface area contributed by atoms with Crippen molar-refractivity contribution in [3.05, 3.63) is 35.4 Å². The molecular formula is C13H19F2N. The second-order valence-electron chi connectivity index (χ2n) is 4.19. The van der Waals surface area contributed by atoms with Crippen LogP contribution < -0.4 is 5.32 Å². The number of rotatable bonds is 6.